The third-order valence-corrected chi connectivity index (χ3v) is 6.01. The fourth-order valence-electron chi connectivity index (χ4n) is 3.18. The van der Waals surface area contributed by atoms with Gasteiger partial charge >= 0.3 is 5.97 Å². The Bertz CT molecular complexity index is 1090. The Balaban J connectivity index is 1.79. The van der Waals surface area contributed by atoms with Gasteiger partial charge in [-0.25, -0.2) is 4.79 Å². The highest BCUT2D eigenvalue weighted by Crippen LogP contribution is 2.41. The van der Waals surface area contributed by atoms with E-state index in [1.54, 1.807) is 12.1 Å². The van der Waals surface area contributed by atoms with E-state index in [4.69, 9.17) is 21.1 Å². The summed E-state index contributed by atoms with van der Waals surface area (Å²) in [7, 11) is 1.31. The molecule has 0 bridgehead atoms. The molecule has 0 unspecified atom stereocenters. The van der Waals surface area contributed by atoms with Crippen molar-refractivity contribution < 1.29 is 19.1 Å². The van der Waals surface area contributed by atoms with Crippen LogP contribution in [0.1, 0.15) is 40.6 Å². The number of aryl methyl sites for hydroxylation is 1. The first-order chi connectivity index (χ1) is 14.8. The van der Waals surface area contributed by atoms with Gasteiger partial charge in [-0.1, -0.05) is 49.7 Å². The Morgan fingerprint density at radius 1 is 1.13 bits per heavy atom. The predicted octanol–water partition coefficient (Wildman–Crippen LogP) is 6.30. The van der Waals surface area contributed by atoms with Crippen LogP contribution in [0, 0.1) is 6.92 Å². The zero-order valence-electron chi connectivity index (χ0n) is 17.8. The number of hydrogen-bond donors (Lipinski definition) is 1. The Morgan fingerprint density at radius 2 is 1.84 bits per heavy atom. The molecule has 2 aromatic carbocycles. The average Bonchev–Trinajstić information content (AvgIpc) is 3.07. The quantitative estimate of drug-likeness (QED) is 0.422. The summed E-state index contributed by atoms with van der Waals surface area (Å²) < 4.78 is 10.6. The number of esters is 1. The van der Waals surface area contributed by atoms with Crippen molar-refractivity contribution in [3.05, 3.63) is 69.6 Å². The SMILES string of the molecule is COC(=O)c1c(NC(=O)COc2ccc(C(C)C)cc2)sc(C)c1-c1cccc(Cl)c1. The molecule has 1 amide bonds. The van der Waals surface area contributed by atoms with Gasteiger partial charge in [0.05, 0.1) is 7.11 Å². The number of hydrogen-bond acceptors (Lipinski definition) is 5. The summed E-state index contributed by atoms with van der Waals surface area (Å²) in [5, 5.41) is 3.77. The lowest BCUT2D eigenvalue weighted by atomic mass is 10.0. The van der Waals surface area contributed by atoms with E-state index in [9.17, 15) is 9.59 Å². The molecule has 1 N–H and O–H groups in total. The molecule has 7 heteroatoms. The van der Waals surface area contributed by atoms with Crippen LogP contribution in [0.25, 0.3) is 11.1 Å². The lowest BCUT2D eigenvalue weighted by Gasteiger charge is -2.10. The molecule has 0 atom stereocenters. The van der Waals surface area contributed by atoms with Gasteiger partial charge < -0.3 is 14.8 Å². The van der Waals surface area contributed by atoms with E-state index in [0.29, 0.717) is 32.8 Å². The van der Waals surface area contributed by atoms with Gasteiger partial charge in [0.2, 0.25) is 0 Å². The molecule has 0 aliphatic rings. The summed E-state index contributed by atoms with van der Waals surface area (Å²) in [6.45, 7) is 5.94. The molecule has 162 valence electrons. The zero-order chi connectivity index (χ0) is 22.5. The molecule has 0 saturated heterocycles. The predicted molar refractivity (Wildman–Crippen MR) is 125 cm³/mol. The maximum absolute atomic E-state index is 12.5. The fourth-order valence-corrected chi connectivity index (χ4v) is 4.45. The summed E-state index contributed by atoms with van der Waals surface area (Å²) in [6.07, 6.45) is 0. The zero-order valence-corrected chi connectivity index (χ0v) is 19.4. The number of rotatable bonds is 7. The van der Waals surface area contributed by atoms with Crippen molar-refractivity contribution in [3.8, 4) is 16.9 Å². The molecule has 0 saturated carbocycles. The number of carbonyl (C=O) groups excluding carboxylic acids is 2. The third kappa shape index (κ3) is 5.46. The van der Waals surface area contributed by atoms with Crippen LogP contribution in [0.5, 0.6) is 5.75 Å². The minimum atomic E-state index is -0.528. The van der Waals surface area contributed by atoms with E-state index in [2.05, 4.69) is 19.2 Å². The molecule has 0 spiro atoms. The van der Waals surface area contributed by atoms with Crippen LogP contribution >= 0.6 is 22.9 Å². The minimum Gasteiger partial charge on any atom is -0.484 e. The van der Waals surface area contributed by atoms with Gasteiger partial charge in [-0.3, -0.25) is 4.79 Å². The number of halogens is 1. The second-order valence-electron chi connectivity index (χ2n) is 7.30. The topological polar surface area (TPSA) is 64.6 Å². The molecular formula is C24H24ClNO4S. The smallest absolute Gasteiger partial charge is 0.341 e. The van der Waals surface area contributed by atoms with Crippen LogP contribution in [-0.2, 0) is 9.53 Å². The third-order valence-electron chi connectivity index (χ3n) is 4.76. The first-order valence-corrected chi connectivity index (χ1v) is 11.0. The van der Waals surface area contributed by atoms with Gasteiger partial charge in [0.25, 0.3) is 5.91 Å². The number of amides is 1. The highest BCUT2D eigenvalue weighted by atomic mass is 35.5. The molecule has 0 radical (unpaired) electrons. The number of carbonyl (C=O) groups is 2. The lowest BCUT2D eigenvalue weighted by molar-refractivity contribution is -0.118. The van der Waals surface area contributed by atoms with Crippen molar-refractivity contribution in [2.45, 2.75) is 26.7 Å². The summed E-state index contributed by atoms with van der Waals surface area (Å²) in [6, 6.07) is 14.9. The van der Waals surface area contributed by atoms with Crippen LogP contribution < -0.4 is 10.1 Å². The Kier molecular flexibility index (Phi) is 7.36. The number of thiophene rings is 1. The summed E-state index contributed by atoms with van der Waals surface area (Å²) >= 11 is 7.44. The van der Waals surface area contributed by atoms with Crippen molar-refractivity contribution >= 4 is 39.8 Å². The van der Waals surface area contributed by atoms with Gasteiger partial charge in [-0.05, 0) is 48.2 Å². The second-order valence-corrected chi connectivity index (χ2v) is 8.96. The van der Waals surface area contributed by atoms with Crippen molar-refractivity contribution in [2.24, 2.45) is 0 Å². The molecule has 5 nitrogen and oxygen atoms in total. The maximum Gasteiger partial charge on any atom is 0.341 e. The molecule has 3 rings (SSSR count). The number of nitrogens with one attached hydrogen (secondary N) is 1. The summed E-state index contributed by atoms with van der Waals surface area (Å²) in [4.78, 5) is 25.9. The van der Waals surface area contributed by atoms with Crippen LogP contribution in [0.15, 0.2) is 48.5 Å². The number of methoxy groups -OCH3 is 1. The van der Waals surface area contributed by atoms with Crippen LogP contribution in [-0.4, -0.2) is 25.6 Å². The molecule has 0 fully saturated rings. The van der Waals surface area contributed by atoms with Crippen LogP contribution in [0.2, 0.25) is 5.02 Å². The minimum absolute atomic E-state index is 0.176. The van der Waals surface area contributed by atoms with E-state index in [-0.39, 0.29) is 12.5 Å². The molecule has 1 aromatic heterocycles. The highest BCUT2D eigenvalue weighted by molar-refractivity contribution is 7.17. The van der Waals surface area contributed by atoms with E-state index >= 15 is 0 Å². The largest absolute Gasteiger partial charge is 0.484 e. The van der Waals surface area contributed by atoms with Gasteiger partial charge in [-0.15, -0.1) is 11.3 Å². The molecular weight excluding hydrogens is 434 g/mol. The van der Waals surface area contributed by atoms with E-state index in [0.717, 1.165) is 10.4 Å². The number of benzene rings is 2. The molecule has 3 aromatic rings. The van der Waals surface area contributed by atoms with E-state index in [1.807, 2.05) is 43.3 Å². The maximum atomic E-state index is 12.5. The number of anilines is 1. The first kappa shape index (κ1) is 22.8. The molecule has 0 aliphatic heterocycles. The molecule has 0 aliphatic carbocycles. The highest BCUT2D eigenvalue weighted by Gasteiger charge is 2.25. The van der Waals surface area contributed by atoms with Gasteiger partial charge in [0.1, 0.15) is 16.3 Å². The van der Waals surface area contributed by atoms with Crippen molar-refractivity contribution in [2.75, 3.05) is 19.0 Å². The van der Waals surface area contributed by atoms with Crippen molar-refractivity contribution in [1.82, 2.24) is 0 Å². The Morgan fingerprint density at radius 3 is 2.45 bits per heavy atom. The first-order valence-electron chi connectivity index (χ1n) is 9.80. The normalized spacial score (nSPS) is 10.8. The summed E-state index contributed by atoms with van der Waals surface area (Å²) in [5.74, 6) is 0.136. The van der Waals surface area contributed by atoms with Crippen LogP contribution in [0.3, 0.4) is 0 Å². The molecule has 1 heterocycles. The van der Waals surface area contributed by atoms with Crippen molar-refractivity contribution in [1.29, 1.82) is 0 Å². The van der Waals surface area contributed by atoms with E-state index in [1.165, 1.54) is 24.0 Å². The average molecular weight is 458 g/mol. The van der Waals surface area contributed by atoms with Crippen molar-refractivity contribution in [3.63, 3.8) is 0 Å². The van der Waals surface area contributed by atoms with Crippen LogP contribution in [0.4, 0.5) is 5.00 Å². The summed E-state index contributed by atoms with van der Waals surface area (Å²) in [5.41, 5.74) is 2.98. The Labute approximate surface area is 191 Å². The fraction of sp³-hybridized carbons (Fsp3) is 0.250. The standard InChI is InChI=1S/C24H24ClNO4S/c1-14(2)16-8-10-19(11-9-16)30-13-20(27)26-23-22(24(28)29-4)21(15(3)31-23)17-6-5-7-18(25)12-17/h5-12,14H,13H2,1-4H3,(H,26,27). The molecule has 31 heavy (non-hydrogen) atoms. The monoisotopic (exact) mass is 457 g/mol. The number of ether oxygens (including phenoxy) is 2. The second kappa shape index (κ2) is 9.98. The van der Waals surface area contributed by atoms with Gasteiger partial charge in [0.15, 0.2) is 6.61 Å². The van der Waals surface area contributed by atoms with Gasteiger partial charge in [-0.2, -0.15) is 0 Å². The lowest BCUT2D eigenvalue weighted by Crippen LogP contribution is -2.21. The van der Waals surface area contributed by atoms with E-state index < -0.39 is 5.97 Å². The van der Waals surface area contributed by atoms with Gasteiger partial charge in [0, 0.05) is 15.5 Å². The Hall–Kier alpha value is -2.83.